The van der Waals surface area contributed by atoms with Crippen LogP contribution in [0.25, 0.3) is 0 Å². The van der Waals surface area contributed by atoms with Crippen LogP contribution in [-0.2, 0) is 9.05 Å². The van der Waals surface area contributed by atoms with Crippen LogP contribution in [0.3, 0.4) is 0 Å². The van der Waals surface area contributed by atoms with E-state index in [1.54, 1.807) is 0 Å². The van der Waals surface area contributed by atoms with E-state index in [-0.39, 0.29) is 0 Å². The number of rotatable bonds is 2. The van der Waals surface area contributed by atoms with Gasteiger partial charge in [0.05, 0.1) is 5.56 Å². The minimum absolute atomic E-state index is 0.735. The van der Waals surface area contributed by atoms with Crippen molar-refractivity contribution < 1.29 is 17.2 Å². The van der Waals surface area contributed by atoms with Crippen molar-refractivity contribution in [1.82, 2.24) is 4.98 Å². The molecule has 0 fully saturated rings. The molecule has 1 heterocycles. The summed E-state index contributed by atoms with van der Waals surface area (Å²) in [4.78, 5) is 12.3. The van der Waals surface area contributed by atoms with Gasteiger partial charge in [0.1, 0.15) is 4.90 Å². The van der Waals surface area contributed by atoms with E-state index in [1.807, 2.05) is 0 Å². The summed E-state index contributed by atoms with van der Waals surface area (Å²) in [6.07, 6.45) is -1.55. The normalized spacial score (nSPS) is 12.0. The number of H-pyrrole nitrogens is 1. The Morgan fingerprint density at radius 3 is 2.36 bits per heavy atom. The second kappa shape index (κ2) is 3.66. The Hall–Kier alpha value is -0.950. The van der Waals surface area contributed by atoms with Crippen molar-refractivity contribution in [2.24, 2.45) is 0 Å². The number of alkyl halides is 2. The van der Waals surface area contributed by atoms with Gasteiger partial charge < -0.3 is 4.98 Å². The summed E-state index contributed by atoms with van der Waals surface area (Å²) in [5.41, 5.74) is -2.21. The first kappa shape index (κ1) is 11.1. The Morgan fingerprint density at radius 1 is 1.36 bits per heavy atom. The summed E-state index contributed by atoms with van der Waals surface area (Å²) in [6.45, 7) is 0. The zero-order valence-corrected chi connectivity index (χ0v) is 8.07. The van der Waals surface area contributed by atoms with Crippen LogP contribution in [0.1, 0.15) is 12.0 Å². The Labute approximate surface area is 81.9 Å². The molecule has 0 saturated carbocycles. The van der Waals surface area contributed by atoms with Gasteiger partial charge in [-0.25, -0.2) is 17.2 Å². The predicted molar refractivity (Wildman–Crippen MR) is 45.1 cm³/mol. The van der Waals surface area contributed by atoms with E-state index in [2.05, 4.69) is 4.98 Å². The number of hydrogen-bond donors (Lipinski definition) is 1. The lowest BCUT2D eigenvalue weighted by Gasteiger charge is -1.99. The maximum Gasteiger partial charge on any atom is 0.269 e. The third-order valence-corrected chi connectivity index (χ3v) is 2.76. The molecule has 0 aliphatic rings. The summed E-state index contributed by atoms with van der Waals surface area (Å²) in [6, 6.07) is 0. The summed E-state index contributed by atoms with van der Waals surface area (Å²) in [5.74, 6) is 0. The largest absolute Gasteiger partial charge is 0.366 e. The molecular formula is C6H4ClF2NO3S. The molecule has 0 amide bonds. The molecule has 0 saturated heterocycles. The minimum Gasteiger partial charge on any atom is -0.366 e. The second-order valence-corrected chi connectivity index (χ2v) is 4.88. The molecule has 0 bridgehead atoms. The molecule has 1 rings (SSSR count). The molecule has 0 atom stereocenters. The molecule has 0 radical (unpaired) electrons. The molecule has 8 heteroatoms. The number of pyridine rings is 1. The molecule has 0 aromatic carbocycles. The van der Waals surface area contributed by atoms with Gasteiger partial charge in [0, 0.05) is 23.1 Å². The molecule has 0 unspecified atom stereocenters. The summed E-state index contributed by atoms with van der Waals surface area (Å²) in [7, 11) is 0.553. The molecule has 1 aromatic heterocycles. The lowest BCUT2D eigenvalue weighted by atomic mass is 10.3. The average molecular weight is 244 g/mol. The van der Waals surface area contributed by atoms with E-state index in [4.69, 9.17) is 10.7 Å². The van der Waals surface area contributed by atoms with Gasteiger partial charge in [-0.1, -0.05) is 0 Å². The van der Waals surface area contributed by atoms with E-state index in [1.165, 1.54) is 0 Å². The molecule has 78 valence electrons. The molecule has 14 heavy (non-hydrogen) atoms. The van der Waals surface area contributed by atoms with Crippen molar-refractivity contribution in [1.29, 1.82) is 0 Å². The van der Waals surface area contributed by atoms with Crippen molar-refractivity contribution in [2.45, 2.75) is 11.3 Å². The highest BCUT2D eigenvalue weighted by molar-refractivity contribution is 8.13. The highest BCUT2D eigenvalue weighted by atomic mass is 35.7. The first-order valence-corrected chi connectivity index (χ1v) is 5.59. The number of aromatic amines is 1. The van der Waals surface area contributed by atoms with Gasteiger partial charge in [-0.2, -0.15) is 0 Å². The van der Waals surface area contributed by atoms with Gasteiger partial charge in [0.2, 0.25) is 5.43 Å². The van der Waals surface area contributed by atoms with E-state index in [0.29, 0.717) is 0 Å². The Morgan fingerprint density at radius 2 is 1.93 bits per heavy atom. The van der Waals surface area contributed by atoms with Crippen molar-refractivity contribution in [2.75, 3.05) is 0 Å². The van der Waals surface area contributed by atoms with Gasteiger partial charge in [-0.05, 0) is 0 Å². The van der Waals surface area contributed by atoms with Gasteiger partial charge >= 0.3 is 0 Å². The van der Waals surface area contributed by atoms with Crippen LogP contribution in [0.4, 0.5) is 8.78 Å². The fraction of sp³-hybridized carbons (Fsp3) is 0.167. The highest BCUT2D eigenvalue weighted by Gasteiger charge is 2.20. The fourth-order valence-electron chi connectivity index (χ4n) is 0.824. The van der Waals surface area contributed by atoms with E-state index >= 15 is 0 Å². The van der Waals surface area contributed by atoms with Crippen LogP contribution in [0.5, 0.6) is 0 Å². The van der Waals surface area contributed by atoms with Crippen molar-refractivity contribution in [3.05, 3.63) is 28.2 Å². The topological polar surface area (TPSA) is 67.0 Å². The SMILES string of the molecule is O=c1c(C(F)F)c[nH]cc1S(=O)(=O)Cl. The fourth-order valence-corrected chi connectivity index (χ4v) is 1.72. The third kappa shape index (κ3) is 2.10. The number of halogens is 3. The lowest BCUT2D eigenvalue weighted by molar-refractivity contribution is 0.149. The molecular weight excluding hydrogens is 240 g/mol. The Bertz CT molecular complexity index is 496. The van der Waals surface area contributed by atoms with E-state index in [9.17, 15) is 22.0 Å². The van der Waals surface area contributed by atoms with Gasteiger partial charge in [-0.3, -0.25) is 4.79 Å². The number of hydrogen-bond acceptors (Lipinski definition) is 3. The maximum atomic E-state index is 12.1. The first-order valence-electron chi connectivity index (χ1n) is 3.28. The van der Waals surface area contributed by atoms with Crippen LogP contribution < -0.4 is 5.43 Å². The summed E-state index contributed by atoms with van der Waals surface area (Å²) in [5, 5.41) is 0. The van der Waals surface area contributed by atoms with Gasteiger partial charge in [0.25, 0.3) is 15.5 Å². The zero-order chi connectivity index (χ0) is 10.9. The summed E-state index contributed by atoms with van der Waals surface area (Å²) >= 11 is 0. The molecule has 1 N–H and O–H groups in total. The predicted octanol–water partition coefficient (Wildman–Crippen LogP) is 1.24. The number of nitrogens with one attached hydrogen (secondary N) is 1. The van der Waals surface area contributed by atoms with Gasteiger partial charge in [-0.15, -0.1) is 0 Å². The van der Waals surface area contributed by atoms with Crippen LogP contribution in [0, 0.1) is 0 Å². The Kier molecular flexibility index (Phi) is 2.91. The van der Waals surface area contributed by atoms with Crippen molar-refractivity contribution in [3.8, 4) is 0 Å². The lowest BCUT2D eigenvalue weighted by Crippen LogP contribution is -2.16. The van der Waals surface area contributed by atoms with Crippen LogP contribution >= 0.6 is 10.7 Å². The van der Waals surface area contributed by atoms with Gasteiger partial charge in [0.15, 0.2) is 0 Å². The van der Waals surface area contributed by atoms with Crippen LogP contribution in [-0.4, -0.2) is 13.4 Å². The molecule has 1 aromatic rings. The average Bonchev–Trinajstić information content (AvgIpc) is 2.01. The molecule has 4 nitrogen and oxygen atoms in total. The van der Waals surface area contributed by atoms with E-state index in [0.717, 1.165) is 12.4 Å². The highest BCUT2D eigenvalue weighted by Crippen LogP contribution is 2.16. The molecule has 0 aliphatic heterocycles. The van der Waals surface area contributed by atoms with E-state index < -0.39 is 31.4 Å². The monoisotopic (exact) mass is 243 g/mol. The van der Waals surface area contributed by atoms with Crippen molar-refractivity contribution in [3.63, 3.8) is 0 Å². The maximum absolute atomic E-state index is 12.1. The first-order chi connectivity index (χ1) is 6.34. The third-order valence-electron chi connectivity index (χ3n) is 1.44. The smallest absolute Gasteiger partial charge is 0.269 e. The standard InChI is InChI=1S/C6H4ClF2NO3S/c7-14(12,13)4-2-10-1-3(5(4)11)6(8)9/h1-2,6H,(H,10,11). The molecule has 0 spiro atoms. The Balaban J connectivity index is 3.52. The summed E-state index contributed by atoms with van der Waals surface area (Å²) < 4.78 is 45.7. The molecule has 0 aliphatic carbocycles. The number of aromatic nitrogens is 1. The minimum atomic E-state index is -4.29. The van der Waals surface area contributed by atoms with Crippen molar-refractivity contribution >= 4 is 19.7 Å². The van der Waals surface area contributed by atoms with Crippen LogP contribution in [0.15, 0.2) is 22.1 Å². The quantitative estimate of drug-likeness (QED) is 0.795. The van der Waals surface area contributed by atoms with Crippen LogP contribution in [0.2, 0.25) is 0 Å². The zero-order valence-electron chi connectivity index (χ0n) is 6.50. The second-order valence-electron chi connectivity index (χ2n) is 2.34.